The lowest BCUT2D eigenvalue weighted by Crippen LogP contribution is -2.36. The number of nitrogens with zero attached hydrogens (tertiary/aromatic N) is 2. The largest absolute Gasteiger partial charge is 0.395 e. The van der Waals surface area contributed by atoms with Crippen LogP contribution in [0.2, 0.25) is 0 Å². The van der Waals surface area contributed by atoms with Gasteiger partial charge in [0.05, 0.1) is 18.1 Å². The second-order valence-corrected chi connectivity index (χ2v) is 5.98. The van der Waals surface area contributed by atoms with E-state index in [0.717, 1.165) is 17.2 Å². The molecule has 24 heavy (non-hydrogen) atoms. The zero-order valence-electron chi connectivity index (χ0n) is 12.6. The summed E-state index contributed by atoms with van der Waals surface area (Å²) in [5, 5.41) is 29.5. The lowest BCUT2D eigenvalue weighted by molar-refractivity contribution is -0.127. The van der Waals surface area contributed by atoms with Crippen molar-refractivity contribution in [1.29, 1.82) is 5.26 Å². The van der Waals surface area contributed by atoms with Gasteiger partial charge in [0.15, 0.2) is 0 Å². The van der Waals surface area contributed by atoms with Crippen LogP contribution in [0.5, 0.6) is 0 Å². The van der Waals surface area contributed by atoms with Crippen molar-refractivity contribution in [3.63, 3.8) is 0 Å². The summed E-state index contributed by atoms with van der Waals surface area (Å²) in [7, 11) is -4.37. The number of carbonyl (C=O) groups is 1. The molecular weight excluding hydrogens is 338 g/mol. The molecule has 1 rings (SSSR count). The first-order valence-corrected chi connectivity index (χ1v) is 8.23. The van der Waals surface area contributed by atoms with Gasteiger partial charge in [-0.15, -0.1) is 0 Å². The minimum absolute atomic E-state index is 0.0450. The third-order valence-electron chi connectivity index (χ3n) is 2.89. The number of nitrogens with one attached hydrogen (secondary N) is 1. The normalized spacial score (nSPS) is 11.7. The molecule has 0 fully saturated rings. The molecule has 1 aromatic rings. The molecule has 1 amide bonds. The summed E-state index contributed by atoms with van der Waals surface area (Å²) in [6.07, 6.45) is 1.08. The number of aliphatic hydroxyl groups is 2. The maximum Gasteiger partial charge on any atom is 0.294 e. The zero-order valence-corrected chi connectivity index (χ0v) is 13.4. The van der Waals surface area contributed by atoms with E-state index in [0.29, 0.717) is 0 Å². The second kappa shape index (κ2) is 8.99. The Morgan fingerprint density at radius 2 is 1.92 bits per heavy atom. The van der Waals surface area contributed by atoms with Crippen LogP contribution in [0, 0.1) is 11.3 Å². The molecular formula is C14H17N3O6S. The van der Waals surface area contributed by atoms with Crippen LogP contribution in [0.1, 0.15) is 0 Å². The molecule has 0 aliphatic heterocycles. The first kappa shape index (κ1) is 19.6. The van der Waals surface area contributed by atoms with Crippen molar-refractivity contribution in [2.45, 2.75) is 4.90 Å². The van der Waals surface area contributed by atoms with Crippen molar-refractivity contribution in [2.75, 3.05) is 31.6 Å². The van der Waals surface area contributed by atoms with Gasteiger partial charge >= 0.3 is 0 Å². The van der Waals surface area contributed by atoms with Crippen LogP contribution in [0.3, 0.4) is 0 Å². The summed E-state index contributed by atoms with van der Waals surface area (Å²) >= 11 is 0. The molecule has 9 nitrogen and oxygen atoms in total. The van der Waals surface area contributed by atoms with Crippen molar-refractivity contribution in [1.82, 2.24) is 4.90 Å². The van der Waals surface area contributed by atoms with Crippen molar-refractivity contribution < 1.29 is 28.0 Å². The number of rotatable bonds is 8. The Balaban J connectivity index is 2.97. The Morgan fingerprint density at radius 1 is 1.29 bits per heavy atom. The van der Waals surface area contributed by atoms with Crippen LogP contribution in [-0.4, -0.2) is 60.3 Å². The van der Waals surface area contributed by atoms with Crippen LogP contribution in [-0.2, 0) is 14.9 Å². The van der Waals surface area contributed by atoms with E-state index >= 15 is 0 Å². The number of anilines is 1. The molecule has 130 valence electrons. The van der Waals surface area contributed by atoms with Gasteiger partial charge in [0, 0.05) is 25.0 Å². The third kappa shape index (κ3) is 5.64. The SMILES string of the molecule is N#C/C(=C/Nc1cccc(S(=O)(=O)O)c1)C(=O)N(CCO)CCO. The molecule has 0 unspecified atom stereocenters. The van der Waals surface area contributed by atoms with E-state index in [-0.39, 0.29) is 42.5 Å². The summed E-state index contributed by atoms with van der Waals surface area (Å²) in [5.74, 6) is -0.695. The molecule has 0 bridgehead atoms. The number of hydrogen-bond acceptors (Lipinski definition) is 7. The van der Waals surface area contributed by atoms with Gasteiger partial charge in [0.2, 0.25) is 0 Å². The van der Waals surface area contributed by atoms with E-state index in [1.165, 1.54) is 18.2 Å². The molecule has 4 N–H and O–H groups in total. The quantitative estimate of drug-likeness (QED) is 0.278. The number of hydrogen-bond donors (Lipinski definition) is 4. The highest BCUT2D eigenvalue weighted by atomic mass is 32.2. The van der Waals surface area contributed by atoms with Crippen LogP contribution >= 0.6 is 0 Å². The Labute approximate surface area is 139 Å². The minimum Gasteiger partial charge on any atom is -0.395 e. The number of nitriles is 1. The first-order valence-electron chi connectivity index (χ1n) is 6.78. The highest BCUT2D eigenvalue weighted by Crippen LogP contribution is 2.15. The smallest absolute Gasteiger partial charge is 0.294 e. The summed E-state index contributed by atoms with van der Waals surface area (Å²) < 4.78 is 31.1. The van der Waals surface area contributed by atoms with Gasteiger partial charge < -0.3 is 20.4 Å². The molecule has 0 aliphatic rings. The summed E-state index contributed by atoms with van der Waals surface area (Å²) in [6, 6.07) is 6.85. The Hall–Kier alpha value is -2.45. The van der Waals surface area contributed by atoms with Crippen molar-refractivity contribution in [3.8, 4) is 6.07 Å². The average Bonchev–Trinajstić information content (AvgIpc) is 2.54. The highest BCUT2D eigenvalue weighted by molar-refractivity contribution is 7.85. The molecule has 0 aromatic heterocycles. The molecule has 0 radical (unpaired) electrons. The molecule has 10 heteroatoms. The summed E-state index contributed by atoms with van der Waals surface area (Å²) in [5.41, 5.74) is -0.0595. The monoisotopic (exact) mass is 355 g/mol. The summed E-state index contributed by atoms with van der Waals surface area (Å²) in [4.78, 5) is 12.9. The third-order valence-corrected chi connectivity index (χ3v) is 3.74. The fourth-order valence-corrected chi connectivity index (χ4v) is 2.30. The topological polar surface area (TPSA) is 151 Å². The second-order valence-electron chi connectivity index (χ2n) is 4.56. The van der Waals surface area contributed by atoms with Crippen LogP contribution in [0.25, 0.3) is 0 Å². The van der Waals surface area contributed by atoms with Crippen molar-refractivity contribution in [3.05, 3.63) is 36.0 Å². The lowest BCUT2D eigenvalue weighted by atomic mass is 10.2. The minimum atomic E-state index is -4.37. The number of benzene rings is 1. The number of amides is 1. The van der Waals surface area contributed by atoms with Gasteiger partial charge in [-0.25, -0.2) is 0 Å². The van der Waals surface area contributed by atoms with Crippen molar-refractivity contribution in [2.24, 2.45) is 0 Å². The maximum absolute atomic E-state index is 12.1. The van der Waals surface area contributed by atoms with Crippen molar-refractivity contribution >= 4 is 21.7 Å². The van der Waals surface area contributed by atoms with E-state index in [1.54, 1.807) is 6.07 Å². The van der Waals surface area contributed by atoms with Gasteiger partial charge in [-0.3, -0.25) is 9.35 Å². The number of carbonyl (C=O) groups excluding carboxylic acids is 1. The lowest BCUT2D eigenvalue weighted by Gasteiger charge is -2.20. The molecule has 0 atom stereocenters. The maximum atomic E-state index is 12.1. The summed E-state index contributed by atoms with van der Waals surface area (Å²) in [6.45, 7) is -0.740. The van der Waals surface area contributed by atoms with Gasteiger partial charge in [-0.05, 0) is 18.2 Å². The Kier molecular flexibility index (Phi) is 7.34. The van der Waals surface area contributed by atoms with Gasteiger partial charge in [-0.2, -0.15) is 13.7 Å². The Morgan fingerprint density at radius 3 is 2.42 bits per heavy atom. The highest BCUT2D eigenvalue weighted by Gasteiger charge is 2.17. The fourth-order valence-electron chi connectivity index (χ4n) is 1.77. The van der Waals surface area contributed by atoms with Crippen LogP contribution in [0.15, 0.2) is 40.9 Å². The van der Waals surface area contributed by atoms with Gasteiger partial charge in [0.1, 0.15) is 11.6 Å². The van der Waals surface area contributed by atoms with Gasteiger partial charge in [0.25, 0.3) is 16.0 Å². The first-order chi connectivity index (χ1) is 11.3. The zero-order chi connectivity index (χ0) is 18.2. The predicted octanol–water partition coefficient (Wildman–Crippen LogP) is -0.434. The average molecular weight is 355 g/mol. The van der Waals surface area contributed by atoms with Crippen LogP contribution in [0.4, 0.5) is 5.69 Å². The van der Waals surface area contributed by atoms with Gasteiger partial charge in [-0.1, -0.05) is 6.07 Å². The molecule has 0 heterocycles. The van der Waals surface area contributed by atoms with E-state index in [4.69, 9.17) is 20.0 Å². The molecule has 0 aliphatic carbocycles. The van der Waals surface area contributed by atoms with Crippen LogP contribution < -0.4 is 5.32 Å². The molecule has 1 aromatic carbocycles. The van der Waals surface area contributed by atoms with E-state index < -0.39 is 16.0 Å². The van der Waals surface area contributed by atoms with E-state index in [2.05, 4.69) is 5.32 Å². The molecule has 0 saturated heterocycles. The fraction of sp³-hybridized carbons (Fsp3) is 0.286. The van der Waals surface area contributed by atoms with E-state index in [1.807, 2.05) is 0 Å². The molecule has 0 spiro atoms. The number of aliphatic hydroxyl groups excluding tert-OH is 2. The Bertz CT molecular complexity index is 748. The standard InChI is InChI=1S/C14H17N3O6S/c15-9-11(14(20)17(4-6-18)5-7-19)10-16-12-2-1-3-13(8-12)24(21,22)23/h1-3,8,10,16,18-19H,4-7H2,(H,21,22,23)/b11-10-. The van der Waals surface area contributed by atoms with E-state index in [9.17, 15) is 13.2 Å². The molecule has 0 saturated carbocycles. The predicted molar refractivity (Wildman–Crippen MR) is 84.3 cm³/mol.